The number of amides is 1. The van der Waals surface area contributed by atoms with Crippen molar-refractivity contribution in [1.82, 2.24) is 5.32 Å². The SMILES string of the molecule is CC(C)(C)OC(=O)NCC(=Cc1cccc(C2(C(=O)O)CC2)c1)B1OC(C)(C)C(C)(C)O1. The van der Waals surface area contributed by atoms with Crippen molar-refractivity contribution >= 4 is 25.3 Å². The Labute approximate surface area is 190 Å². The van der Waals surface area contributed by atoms with Gasteiger partial charge in [0.1, 0.15) is 5.60 Å². The van der Waals surface area contributed by atoms with Gasteiger partial charge in [-0.1, -0.05) is 30.3 Å². The van der Waals surface area contributed by atoms with Gasteiger partial charge in [0, 0.05) is 6.54 Å². The van der Waals surface area contributed by atoms with Gasteiger partial charge in [0.05, 0.1) is 16.6 Å². The summed E-state index contributed by atoms with van der Waals surface area (Å²) in [5.41, 5.74) is -0.146. The Morgan fingerprint density at radius 1 is 1.16 bits per heavy atom. The van der Waals surface area contributed by atoms with Crippen molar-refractivity contribution in [3.05, 3.63) is 40.9 Å². The normalized spacial score (nSPS) is 21.2. The number of benzene rings is 1. The van der Waals surface area contributed by atoms with Crippen LogP contribution in [0.4, 0.5) is 4.79 Å². The van der Waals surface area contributed by atoms with Gasteiger partial charge >= 0.3 is 19.2 Å². The predicted octanol–water partition coefficient (Wildman–Crippen LogP) is 4.34. The second-order valence-corrected chi connectivity index (χ2v) is 10.7. The van der Waals surface area contributed by atoms with Gasteiger partial charge in [0.15, 0.2) is 0 Å². The first-order valence-electron chi connectivity index (χ1n) is 11.0. The number of hydrogen-bond acceptors (Lipinski definition) is 5. The van der Waals surface area contributed by atoms with Crippen LogP contribution in [-0.4, -0.2) is 47.6 Å². The molecule has 32 heavy (non-hydrogen) atoms. The molecular weight excluding hydrogens is 409 g/mol. The zero-order valence-corrected chi connectivity index (χ0v) is 20.1. The Morgan fingerprint density at radius 2 is 1.75 bits per heavy atom. The molecule has 2 aliphatic rings. The van der Waals surface area contributed by atoms with E-state index in [-0.39, 0.29) is 6.54 Å². The molecule has 1 aromatic rings. The lowest BCUT2D eigenvalue weighted by Gasteiger charge is -2.32. The molecule has 1 heterocycles. The number of carboxylic acids is 1. The van der Waals surface area contributed by atoms with Gasteiger partial charge < -0.3 is 24.5 Å². The lowest BCUT2D eigenvalue weighted by atomic mass is 9.76. The van der Waals surface area contributed by atoms with Crippen LogP contribution < -0.4 is 5.32 Å². The fourth-order valence-corrected chi connectivity index (χ4v) is 3.58. The second kappa shape index (κ2) is 8.23. The second-order valence-electron chi connectivity index (χ2n) is 10.7. The minimum absolute atomic E-state index is 0.167. The molecule has 7 nitrogen and oxygen atoms in total. The molecule has 1 amide bonds. The number of aliphatic carboxylic acids is 1. The molecule has 3 rings (SSSR count). The Kier molecular flexibility index (Phi) is 6.26. The van der Waals surface area contributed by atoms with E-state index >= 15 is 0 Å². The first-order chi connectivity index (χ1) is 14.7. The highest BCUT2D eigenvalue weighted by Crippen LogP contribution is 2.48. The van der Waals surface area contributed by atoms with E-state index < -0.39 is 41.4 Å². The number of hydrogen-bond donors (Lipinski definition) is 2. The zero-order chi connectivity index (χ0) is 23.9. The van der Waals surface area contributed by atoms with Crippen molar-refractivity contribution in [1.29, 1.82) is 0 Å². The number of carbonyl (C=O) groups excluding carboxylic acids is 1. The molecule has 1 aliphatic heterocycles. The minimum atomic E-state index is -0.795. The standard InChI is InChI=1S/C24H34BNO6/c1-21(2,3)30-20(29)26-15-18(25-31-22(4,5)23(6,7)32-25)14-16-9-8-10-17(13-16)24(11-12-24)19(27)28/h8-10,13-14H,11-12,15H2,1-7H3,(H,26,29)(H,27,28). The Hall–Kier alpha value is -2.32. The van der Waals surface area contributed by atoms with E-state index in [1.54, 1.807) is 20.8 Å². The maximum absolute atomic E-state index is 12.2. The molecule has 1 aliphatic carbocycles. The van der Waals surface area contributed by atoms with Gasteiger partial charge in [0.2, 0.25) is 0 Å². The molecule has 174 valence electrons. The fourth-order valence-electron chi connectivity index (χ4n) is 3.58. The number of nitrogens with one attached hydrogen (secondary N) is 1. The highest BCUT2D eigenvalue weighted by molar-refractivity contribution is 6.56. The molecule has 1 aromatic carbocycles. The third kappa shape index (κ3) is 5.18. The third-order valence-electron chi connectivity index (χ3n) is 6.34. The summed E-state index contributed by atoms with van der Waals surface area (Å²) < 4.78 is 17.8. The first-order valence-corrected chi connectivity index (χ1v) is 11.0. The van der Waals surface area contributed by atoms with Crippen LogP contribution in [0.5, 0.6) is 0 Å². The van der Waals surface area contributed by atoms with Crippen molar-refractivity contribution in [2.45, 2.75) is 83.5 Å². The molecule has 2 N–H and O–H groups in total. The molecule has 0 radical (unpaired) electrons. The Balaban J connectivity index is 1.88. The first kappa shape index (κ1) is 24.3. The Bertz CT molecular complexity index is 911. The van der Waals surface area contributed by atoms with Gasteiger partial charge in [-0.05, 0) is 77.9 Å². The van der Waals surface area contributed by atoms with Crippen LogP contribution in [-0.2, 0) is 24.3 Å². The van der Waals surface area contributed by atoms with Crippen LogP contribution in [0.25, 0.3) is 6.08 Å². The molecule has 1 saturated heterocycles. The van der Waals surface area contributed by atoms with Gasteiger partial charge in [-0.2, -0.15) is 0 Å². The summed E-state index contributed by atoms with van der Waals surface area (Å²) in [7, 11) is -0.659. The van der Waals surface area contributed by atoms with Crippen LogP contribution in [0.3, 0.4) is 0 Å². The minimum Gasteiger partial charge on any atom is -0.481 e. The van der Waals surface area contributed by atoms with E-state index in [0.29, 0.717) is 18.3 Å². The van der Waals surface area contributed by atoms with Gasteiger partial charge in [0.25, 0.3) is 0 Å². The smallest absolute Gasteiger partial charge is 0.481 e. The average molecular weight is 443 g/mol. The molecule has 8 heteroatoms. The molecule has 1 saturated carbocycles. The third-order valence-corrected chi connectivity index (χ3v) is 6.34. The van der Waals surface area contributed by atoms with Gasteiger partial charge in [-0.15, -0.1) is 0 Å². The zero-order valence-electron chi connectivity index (χ0n) is 20.1. The summed E-state index contributed by atoms with van der Waals surface area (Å²) in [6, 6.07) is 7.50. The van der Waals surface area contributed by atoms with E-state index in [1.807, 2.05) is 58.0 Å². The monoisotopic (exact) mass is 443 g/mol. The van der Waals surface area contributed by atoms with Crippen molar-refractivity contribution in [3.63, 3.8) is 0 Å². The van der Waals surface area contributed by atoms with E-state index in [2.05, 4.69) is 5.32 Å². The van der Waals surface area contributed by atoms with Crippen LogP contribution >= 0.6 is 0 Å². The van der Waals surface area contributed by atoms with Gasteiger partial charge in [-0.3, -0.25) is 4.79 Å². The fraction of sp³-hybridized carbons (Fsp3) is 0.583. The average Bonchev–Trinajstić information content (AvgIpc) is 3.41. The number of rotatable bonds is 6. The molecule has 2 fully saturated rings. The van der Waals surface area contributed by atoms with Crippen LogP contribution in [0.15, 0.2) is 29.7 Å². The van der Waals surface area contributed by atoms with E-state index in [0.717, 1.165) is 11.1 Å². The summed E-state index contributed by atoms with van der Waals surface area (Å²) in [6.07, 6.45) is 2.64. The van der Waals surface area contributed by atoms with Crippen LogP contribution in [0.1, 0.15) is 72.4 Å². The highest BCUT2D eigenvalue weighted by Gasteiger charge is 2.53. The maximum Gasteiger partial charge on any atom is 0.492 e. The molecule has 0 atom stereocenters. The van der Waals surface area contributed by atoms with Crippen molar-refractivity contribution < 1.29 is 28.7 Å². The summed E-state index contributed by atoms with van der Waals surface area (Å²) >= 11 is 0. The number of ether oxygens (including phenoxy) is 1. The molecule has 0 aromatic heterocycles. The lowest BCUT2D eigenvalue weighted by molar-refractivity contribution is -0.140. The van der Waals surface area contributed by atoms with Gasteiger partial charge in [-0.25, -0.2) is 4.79 Å². The summed E-state index contributed by atoms with van der Waals surface area (Å²) in [5, 5.41) is 12.4. The van der Waals surface area contributed by atoms with Crippen LogP contribution in [0, 0.1) is 0 Å². The van der Waals surface area contributed by atoms with Crippen molar-refractivity contribution in [3.8, 4) is 0 Å². The number of carboxylic acid groups (broad SMARTS) is 1. The summed E-state index contributed by atoms with van der Waals surface area (Å²) in [5.74, 6) is -0.795. The number of carbonyl (C=O) groups is 2. The maximum atomic E-state index is 12.2. The van der Waals surface area contributed by atoms with Crippen molar-refractivity contribution in [2.75, 3.05) is 6.54 Å². The lowest BCUT2D eigenvalue weighted by Crippen LogP contribution is -2.41. The van der Waals surface area contributed by atoms with E-state index in [4.69, 9.17) is 14.0 Å². The van der Waals surface area contributed by atoms with Crippen molar-refractivity contribution in [2.24, 2.45) is 0 Å². The highest BCUT2D eigenvalue weighted by atomic mass is 16.7. The topological polar surface area (TPSA) is 94.1 Å². The summed E-state index contributed by atoms with van der Waals surface area (Å²) in [4.78, 5) is 24.0. The van der Waals surface area contributed by atoms with Crippen LogP contribution in [0.2, 0.25) is 0 Å². The summed E-state index contributed by atoms with van der Waals surface area (Å²) in [6.45, 7) is 13.5. The molecular formula is C24H34BNO6. The predicted molar refractivity (Wildman–Crippen MR) is 123 cm³/mol. The molecule has 0 spiro atoms. The Morgan fingerprint density at radius 3 is 2.25 bits per heavy atom. The molecule has 0 unspecified atom stereocenters. The number of alkyl carbamates (subject to hydrolysis) is 1. The van der Waals surface area contributed by atoms with E-state index in [1.165, 1.54) is 0 Å². The largest absolute Gasteiger partial charge is 0.492 e. The molecule has 0 bridgehead atoms. The quantitative estimate of drug-likeness (QED) is 0.636. The van der Waals surface area contributed by atoms with E-state index in [9.17, 15) is 14.7 Å².